The van der Waals surface area contributed by atoms with Crippen molar-refractivity contribution in [2.45, 2.75) is 50.9 Å². The minimum absolute atomic E-state index is 0.00745. The van der Waals surface area contributed by atoms with E-state index in [2.05, 4.69) is 10.1 Å². The maximum absolute atomic E-state index is 12.5. The Kier molecular flexibility index (Phi) is 6.60. The van der Waals surface area contributed by atoms with Gasteiger partial charge < -0.3 is 10.1 Å². The Morgan fingerprint density at radius 3 is 2.39 bits per heavy atom. The highest BCUT2D eigenvalue weighted by Crippen LogP contribution is 2.32. The maximum atomic E-state index is 12.5. The number of rotatable bonds is 6. The molecule has 0 radical (unpaired) electrons. The largest absolute Gasteiger partial charge is 0.573 e. The van der Waals surface area contributed by atoms with E-state index in [1.165, 1.54) is 12.1 Å². The number of carbonyl (C=O) groups is 1. The van der Waals surface area contributed by atoms with Gasteiger partial charge in [0.05, 0.1) is 6.04 Å². The van der Waals surface area contributed by atoms with Crippen molar-refractivity contribution in [3.8, 4) is 5.75 Å². The monoisotopic (exact) mass is 391 g/mol. The predicted octanol–water partition coefficient (Wildman–Crippen LogP) is 6.28. The number of ketones is 1. The molecule has 1 fully saturated rings. The van der Waals surface area contributed by atoms with Gasteiger partial charge in [0.2, 0.25) is 0 Å². The molecule has 2 aromatic rings. The Labute approximate surface area is 162 Å². The Hall–Kier alpha value is -2.50. The van der Waals surface area contributed by atoms with Crippen molar-refractivity contribution < 1.29 is 22.7 Å². The van der Waals surface area contributed by atoms with Gasteiger partial charge in [-0.05, 0) is 49.1 Å². The molecule has 6 heteroatoms. The van der Waals surface area contributed by atoms with Crippen molar-refractivity contribution in [3.05, 3.63) is 60.2 Å². The smallest absolute Gasteiger partial charge is 0.406 e. The third-order valence-corrected chi connectivity index (χ3v) is 5.08. The number of benzene rings is 2. The first-order valence-electron chi connectivity index (χ1n) is 9.61. The van der Waals surface area contributed by atoms with Gasteiger partial charge in [0.1, 0.15) is 11.5 Å². The van der Waals surface area contributed by atoms with Crippen molar-refractivity contribution >= 4 is 11.5 Å². The highest BCUT2D eigenvalue weighted by molar-refractivity contribution is 5.81. The van der Waals surface area contributed by atoms with Crippen molar-refractivity contribution in [1.29, 1.82) is 0 Å². The third kappa shape index (κ3) is 6.01. The third-order valence-electron chi connectivity index (χ3n) is 5.08. The predicted molar refractivity (Wildman–Crippen MR) is 102 cm³/mol. The Morgan fingerprint density at radius 2 is 1.71 bits per heavy atom. The van der Waals surface area contributed by atoms with E-state index in [0.29, 0.717) is 24.3 Å². The second-order valence-corrected chi connectivity index (χ2v) is 7.18. The zero-order valence-corrected chi connectivity index (χ0v) is 15.5. The summed E-state index contributed by atoms with van der Waals surface area (Å²) in [6, 6.07) is 15.4. The van der Waals surface area contributed by atoms with Gasteiger partial charge in [0, 0.05) is 18.0 Å². The normalized spacial score (nSPS) is 19.0. The van der Waals surface area contributed by atoms with Gasteiger partial charge in [-0.3, -0.25) is 4.79 Å². The molecule has 0 amide bonds. The van der Waals surface area contributed by atoms with Crippen LogP contribution in [0.3, 0.4) is 0 Å². The summed E-state index contributed by atoms with van der Waals surface area (Å²) >= 11 is 0. The first kappa shape index (κ1) is 20.2. The number of carbonyl (C=O) groups excluding carboxylic acids is 1. The molecule has 28 heavy (non-hydrogen) atoms. The van der Waals surface area contributed by atoms with Crippen molar-refractivity contribution in [3.63, 3.8) is 0 Å². The fraction of sp³-hybridized carbons (Fsp3) is 0.409. The summed E-state index contributed by atoms with van der Waals surface area (Å²) < 4.78 is 40.9. The number of anilines is 1. The minimum atomic E-state index is -4.71. The molecule has 2 unspecified atom stereocenters. The number of halogens is 3. The molecule has 0 aliphatic heterocycles. The molecule has 0 saturated heterocycles. The number of ether oxygens (including phenoxy) is 1. The van der Waals surface area contributed by atoms with Gasteiger partial charge in [-0.1, -0.05) is 43.2 Å². The van der Waals surface area contributed by atoms with Crippen LogP contribution in [-0.2, 0) is 4.79 Å². The van der Waals surface area contributed by atoms with Gasteiger partial charge in [-0.15, -0.1) is 13.2 Å². The molecule has 150 valence electrons. The highest BCUT2D eigenvalue weighted by Gasteiger charge is 2.31. The Bertz CT molecular complexity index is 760. The lowest BCUT2D eigenvalue weighted by molar-refractivity contribution is -0.274. The van der Waals surface area contributed by atoms with E-state index in [4.69, 9.17) is 0 Å². The summed E-state index contributed by atoms with van der Waals surface area (Å²) in [5.74, 6) is 0.0652. The molecule has 3 nitrogen and oxygen atoms in total. The molecule has 1 aliphatic rings. The standard InChI is InChI=1S/C22H24F3NO2/c23-22(24,25)28-19-13-11-18(12-14-19)26-20(16-7-3-1-4-8-16)15-17-9-5-2-6-10-21(17)27/h1,3-4,7-8,11-14,17,20,26H,2,5-6,9-10,15H2. The highest BCUT2D eigenvalue weighted by atomic mass is 19.4. The second kappa shape index (κ2) is 9.13. The lowest BCUT2D eigenvalue weighted by Gasteiger charge is -2.25. The van der Waals surface area contributed by atoms with E-state index in [-0.39, 0.29) is 17.7 Å². The summed E-state index contributed by atoms with van der Waals surface area (Å²) in [5.41, 5.74) is 1.74. The molecule has 0 heterocycles. The van der Waals surface area contributed by atoms with Crippen LogP contribution in [-0.4, -0.2) is 12.1 Å². The molecule has 0 spiro atoms. The van der Waals surface area contributed by atoms with Crippen molar-refractivity contribution in [1.82, 2.24) is 0 Å². The number of hydrogen-bond acceptors (Lipinski definition) is 3. The molecular weight excluding hydrogens is 367 g/mol. The summed E-state index contributed by atoms with van der Waals surface area (Å²) in [6.45, 7) is 0. The van der Waals surface area contributed by atoms with E-state index < -0.39 is 6.36 Å². The number of hydrogen-bond donors (Lipinski definition) is 1. The molecule has 0 aromatic heterocycles. The molecular formula is C22H24F3NO2. The maximum Gasteiger partial charge on any atom is 0.573 e. The fourth-order valence-corrected chi connectivity index (χ4v) is 3.68. The van der Waals surface area contributed by atoms with Gasteiger partial charge in [0.15, 0.2) is 0 Å². The van der Waals surface area contributed by atoms with Crippen molar-refractivity contribution in [2.75, 3.05) is 5.32 Å². The quantitative estimate of drug-likeness (QED) is 0.589. The van der Waals surface area contributed by atoms with E-state index in [1.54, 1.807) is 12.1 Å². The van der Waals surface area contributed by atoms with E-state index in [0.717, 1.165) is 31.2 Å². The summed E-state index contributed by atoms with van der Waals surface area (Å²) in [6.07, 6.45) is 0.593. The summed E-state index contributed by atoms with van der Waals surface area (Å²) in [7, 11) is 0. The van der Waals surface area contributed by atoms with Crippen LogP contribution in [0.4, 0.5) is 18.9 Å². The van der Waals surface area contributed by atoms with Gasteiger partial charge in [0.25, 0.3) is 0 Å². The van der Waals surface area contributed by atoms with E-state index >= 15 is 0 Å². The van der Waals surface area contributed by atoms with Gasteiger partial charge >= 0.3 is 6.36 Å². The van der Waals surface area contributed by atoms with E-state index in [9.17, 15) is 18.0 Å². The fourth-order valence-electron chi connectivity index (χ4n) is 3.68. The van der Waals surface area contributed by atoms with Crippen molar-refractivity contribution in [2.24, 2.45) is 5.92 Å². The first-order valence-corrected chi connectivity index (χ1v) is 9.61. The van der Waals surface area contributed by atoms with Crippen LogP contribution in [0.2, 0.25) is 0 Å². The average Bonchev–Trinajstić information content (AvgIpc) is 2.86. The lowest BCUT2D eigenvalue weighted by Crippen LogP contribution is -2.21. The van der Waals surface area contributed by atoms with Gasteiger partial charge in [-0.2, -0.15) is 0 Å². The molecule has 1 N–H and O–H groups in total. The summed E-state index contributed by atoms with van der Waals surface area (Å²) in [4.78, 5) is 12.5. The van der Waals surface area contributed by atoms with Crippen LogP contribution in [0, 0.1) is 5.92 Å². The van der Waals surface area contributed by atoms with Crippen LogP contribution >= 0.6 is 0 Å². The molecule has 1 saturated carbocycles. The van der Waals surface area contributed by atoms with Gasteiger partial charge in [-0.25, -0.2) is 0 Å². The number of nitrogens with one attached hydrogen (secondary N) is 1. The SMILES string of the molecule is O=C1CCCCCC1CC(Nc1ccc(OC(F)(F)F)cc1)c1ccccc1. The molecule has 2 atom stereocenters. The molecule has 0 bridgehead atoms. The Balaban J connectivity index is 1.75. The summed E-state index contributed by atoms with van der Waals surface area (Å²) in [5, 5.41) is 3.38. The Morgan fingerprint density at radius 1 is 1.00 bits per heavy atom. The second-order valence-electron chi connectivity index (χ2n) is 7.18. The molecule has 2 aromatic carbocycles. The topological polar surface area (TPSA) is 38.3 Å². The first-order chi connectivity index (χ1) is 13.4. The van der Waals surface area contributed by atoms with E-state index in [1.807, 2.05) is 30.3 Å². The van der Waals surface area contributed by atoms with Crippen LogP contribution in [0.1, 0.15) is 50.1 Å². The zero-order chi connectivity index (χ0) is 20.0. The van der Waals surface area contributed by atoms with Crippen LogP contribution in [0.5, 0.6) is 5.75 Å². The zero-order valence-electron chi connectivity index (χ0n) is 15.5. The van der Waals surface area contributed by atoms with Crippen LogP contribution in [0.25, 0.3) is 0 Å². The minimum Gasteiger partial charge on any atom is -0.406 e. The number of alkyl halides is 3. The number of Topliss-reactive ketones (excluding diaryl/α,β-unsaturated/α-hetero) is 1. The molecule has 1 aliphatic carbocycles. The average molecular weight is 391 g/mol. The lowest BCUT2D eigenvalue weighted by atomic mass is 9.88. The molecule has 3 rings (SSSR count). The van der Waals surface area contributed by atoms with Crippen LogP contribution < -0.4 is 10.1 Å². The van der Waals surface area contributed by atoms with Crippen LogP contribution in [0.15, 0.2) is 54.6 Å².